The number of carbonyl (C=O) groups is 2. The van der Waals surface area contributed by atoms with E-state index in [0.717, 1.165) is 10.4 Å². The molecule has 1 aromatic heterocycles. The quantitative estimate of drug-likeness (QED) is 0.407. The molecule has 0 saturated carbocycles. The van der Waals surface area contributed by atoms with Gasteiger partial charge in [-0.25, -0.2) is 0 Å². The highest BCUT2D eigenvalue weighted by Crippen LogP contribution is 2.44. The summed E-state index contributed by atoms with van der Waals surface area (Å²) in [4.78, 5) is 29.8. The number of nitrogens with one attached hydrogen (secondary N) is 1. The van der Waals surface area contributed by atoms with E-state index in [0.29, 0.717) is 47.3 Å². The number of rotatable bonds is 10. The van der Waals surface area contributed by atoms with Crippen LogP contribution in [-0.4, -0.2) is 63.5 Å². The maximum atomic E-state index is 13.8. The zero-order valence-electron chi connectivity index (χ0n) is 21.2. The molecule has 0 spiro atoms. The van der Waals surface area contributed by atoms with Gasteiger partial charge < -0.3 is 29.2 Å². The van der Waals surface area contributed by atoms with Crippen LogP contribution in [0.3, 0.4) is 0 Å². The largest absolute Gasteiger partial charge is 0.493 e. The summed E-state index contributed by atoms with van der Waals surface area (Å²) >= 11 is 3.16. The van der Waals surface area contributed by atoms with E-state index < -0.39 is 6.04 Å². The highest BCUT2D eigenvalue weighted by atomic mass is 32.2. The lowest BCUT2D eigenvalue weighted by Gasteiger charge is -2.28. The van der Waals surface area contributed by atoms with Crippen molar-refractivity contribution in [2.45, 2.75) is 17.8 Å². The van der Waals surface area contributed by atoms with Crippen LogP contribution in [0.15, 0.2) is 53.9 Å². The average Bonchev–Trinajstić information content (AvgIpc) is 3.62. The summed E-state index contributed by atoms with van der Waals surface area (Å²) in [7, 11) is 6.26. The van der Waals surface area contributed by atoms with E-state index in [9.17, 15) is 9.59 Å². The zero-order valence-corrected chi connectivity index (χ0v) is 22.8. The molecule has 0 radical (unpaired) electrons. The van der Waals surface area contributed by atoms with Crippen molar-refractivity contribution in [1.29, 1.82) is 0 Å². The van der Waals surface area contributed by atoms with Crippen molar-refractivity contribution in [3.8, 4) is 23.0 Å². The van der Waals surface area contributed by atoms with Crippen LogP contribution in [0, 0.1) is 0 Å². The van der Waals surface area contributed by atoms with Crippen LogP contribution < -0.4 is 24.3 Å². The smallest absolute Gasteiger partial charge is 0.255 e. The number of thiophene rings is 1. The molecule has 4 rings (SSSR count). The highest BCUT2D eigenvalue weighted by molar-refractivity contribution is 7.99. The van der Waals surface area contributed by atoms with Crippen molar-refractivity contribution in [3.63, 3.8) is 0 Å². The van der Waals surface area contributed by atoms with Gasteiger partial charge in [-0.15, -0.1) is 23.1 Å². The number of hydrogen-bond donors (Lipinski definition) is 1. The van der Waals surface area contributed by atoms with Gasteiger partial charge in [0.15, 0.2) is 23.0 Å². The molecule has 1 N–H and O–H groups in total. The molecule has 10 heteroatoms. The fourth-order valence-corrected chi connectivity index (χ4v) is 6.60. The fraction of sp³-hybridized carbons (Fsp3) is 0.333. The predicted octanol–water partition coefficient (Wildman–Crippen LogP) is 4.40. The first-order valence-electron chi connectivity index (χ1n) is 11.7. The number of ether oxygens (including phenoxy) is 4. The summed E-state index contributed by atoms with van der Waals surface area (Å²) in [6, 6.07) is 14.1. The van der Waals surface area contributed by atoms with Gasteiger partial charge in [0.05, 0.1) is 28.4 Å². The summed E-state index contributed by atoms with van der Waals surface area (Å²) in [5, 5.41) is 4.75. The van der Waals surface area contributed by atoms with Crippen LogP contribution in [-0.2, 0) is 11.2 Å². The molecule has 1 aliphatic heterocycles. The van der Waals surface area contributed by atoms with Crippen LogP contribution in [0.2, 0.25) is 0 Å². The Bertz CT molecular complexity index is 1230. The van der Waals surface area contributed by atoms with Crippen molar-refractivity contribution in [2.24, 2.45) is 0 Å². The normalized spacial score (nSPS) is 16.8. The molecule has 0 aliphatic carbocycles. The minimum absolute atomic E-state index is 0.180. The first-order chi connectivity index (χ1) is 18.0. The molecule has 1 fully saturated rings. The number of benzene rings is 2. The SMILES string of the molecule is COc1ccc(CCNC(=O)C2CSC(c3cccs3)N2C(=O)c2ccc(OC)c(OC)c2)cc1OC. The van der Waals surface area contributed by atoms with Gasteiger partial charge >= 0.3 is 0 Å². The maximum absolute atomic E-state index is 13.8. The number of thioether (sulfide) groups is 1. The molecule has 1 saturated heterocycles. The van der Waals surface area contributed by atoms with Gasteiger partial charge in [0.25, 0.3) is 5.91 Å². The Morgan fingerprint density at radius 3 is 2.24 bits per heavy atom. The second kappa shape index (κ2) is 12.2. The van der Waals surface area contributed by atoms with Crippen molar-refractivity contribution in [3.05, 3.63) is 69.9 Å². The van der Waals surface area contributed by atoms with E-state index in [4.69, 9.17) is 18.9 Å². The second-order valence-electron chi connectivity index (χ2n) is 8.23. The van der Waals surface area contributed by atoms with Gasteiger partial charge in [0, 0.05) is 22.7 Å². The van der Waals surface area contributed by atoms with Crippen molar-refractivity contribution in [1.82, 2.24) is 10.2 Å². The van der Waals surface area contributed by atoms with Crippen LogP contribution in [0.25, 0.3) is 0 Å². The van der Waals surface area contributed by atoms with Gasteiger partial charge in [0.1, 0.15) is 11.4 Å². The van der Waals surface area contributed by atoms with Crippen LogP contribution in [0.4, 0.5) is 0 Å². The molecule has 0 bridgehead atoms. The Morgan fingerprint density at radius 2 is 1.59 bits per heavy atom. The monoisotopic (exact) mass is 542 g/mol. The number of carbonyl (C=O) groups excluding carboxylic acids is 2. The first kappa shape index (κ1) is 26.7. The molecule has 3 aromatic rings. The third-order valence-electron chi connectivity index (χ3n) is 6.12. The van der Waals surface area contributed by atoms with Crippen LogP contribution in [0.1, 0.15) is 26.2 Å². The molecule has 2 atom stereocenters. The molecule has 2 aromatic carbocycles. The molecular formula is C27H30N2O6S2. The second-order valence-corrected chi connectivity index (χ2v) is 10.3. The van der Waals surface area contributed by atoms with Crippen molar-refractivity contribution < 1.29 is 28.5 Å². The van der Waals surface area contributed by atoms with Crippen LogP contribution >= 0.6 is 23.1 Å². The van der Waals surface area contributed by atoms with Crippen LogP contribution in [0.5, 0.6) is 23.0 Å². The minimum Gasteiger partial charge on any atom is -0.493 e. The third kappa shape index (κ3) is 5.80. The van der Waals surface area contributed by atoms with E-state index in [2.05, 4.69) is 5.32 Å². The van der Waals surface area contributed by atoms with Crippen molar-refractivity contribution in [2.75, 3.05) is 40.7 Å². The van der Waals surface area contributed by atoms with E-state index >= 15 is 0 Å². The standard InChI is InChI=1S/C27H30N2O6S2/c1-32-20-9-7-17(14-22(20)34-3)11-12-28-25(30)19-16-37-27(24-6-5-13-36-24)29(19)26(31)18-8-10-21(33-2)23(15-18)35-4/h5-10,13-15,19,27H,11-12,16H2,1-4H3,(H,28,30). The minimum atomic E-state index is -0.608. The Balaban J connectivity index is 1.51. The first-order valence-corrected chi connectivity index (χ1v) is 13.6. The zero-order chi connectivity index (χ0) is 26.4. The molecular weight excluding hydrogens is 512 g/mol. The van der Waals surface area contributed by atoms with E-state index in [1.165, 1.54) is 7.11 Å². The Kier molecular flexibility index (Phi) is 8.83. The van der Waals surface area contributed by atoms with Gasteiger partial charge in [-0.05, 0) is 53.8 Å². The summed E-state index contributed by atoms with van der Waals surface area (Å²) in [6.07, 6.45) is 0.615. The fourth-order valence-electron chi connectivity index (χ4n) is 4.21. The summed E-state index contributed by atoms with van der Waals surface area (Å²) < 4.78 is 21.4. The van der Waals surface area contributed by atoms with Gasteiger partial charge in [0.2, 0.25) is 5.91 Å². The van der Waals surface area contributed by atoms with Gasteiger partial charge in [-0.3, -0.25) is 9.59 Å². The lowest BCUT2D eigenvalue weighted by Crippen LogP contribution is -2.48. The van der Waals surface area contributed by atoms with E-state index in [1.54, 1.807) is 67.5 Å². The predicted molar refractivity (Wildman–Crippen MR) is 145 cm³/mol. The molecule has 37 heavy (non-hydrogen) atoms. The topological polar surface area (TPSA) is 86.3 Å². The number of hydrogen-bond acceptors (Lipinski definition) is 8. The summed E-state index contributed by atoms with van der Waals surface area (Å²) in [5.74, 6) is 2.39. The average molecular weight is 543 g/mol. The number of nitrogens with zero attached hydrogens (tertiary/aromatic N) is 1. The van der Waals surface area contributed by atoms with E-state index in [-0.39, 0.29) is 17.2 Å². The third-order valence-corrected chi connectivity index (χ3v) is 8.49. The Labute approximate surface area is 224 Å². The molecule has 2 unspecified atom stereocenters. The van der Waals surface area contributed by atoms with Gasteiger partial charge in [-0.2, -0.15) is 0 Å². The number of amides is 2. The Morgan fingerprint density at radius 1 is 0.919 bits per heavy atom. The number of methoxy groups -OCH3 is 4. The highest BCUT2D eigenvalue weighted by Gasteiger charge is 2.43. The molecule has 1 aliphatic rings. The lowest BCUT2D eigenvalue weighted by molar-refractivity contribution is -0.124. The molecule has 8 nitrogen and oxygen atoms in total. The van der Waals surface area contributed by atoms with E-state index in [1.807, 2.05) is 35.7 Å². The molecule has 2 heterocycles. The molecule has 196 valence electrons. The molecule has 2 amide bonds. The lowest BCUT2D eigenvalue weighted by atomic mass is 10.1. The summed E-state index contributed by atoms with van der Waals surface area (Å²) in [6.45, 7) is 0.428. The Hall–Kier alpha value is -3.37. The maximum Gasteiger partial charge on any atom is 0.255 e. The van der Waals surface area contributed by atoms with Gasteiger partial charge in [-0.1, -0.05) is 12.1 Å². The summed E-state index contributed by atoms with van der Waals surface area (Å²) in [5.41, 5.74) is 1.44. The van der Waals surface area contributed by atoms with Crippen molar-refractivity contribution >= 4 is 34.9 Å².